The molecule has 1 rings (SSSR count). The summed E-state index contributed by atoms with van der Waals surface area (Å²) in [5.41, 5.74) is 8.07. The molecule has 0 bridgehead atoms. The summed E-state index contributed by atoms with van der Waals surface area (Å²) in [5, 5.41) is 7.64. The number of nitrogens with zero attached hydrogens (tertiary/aromatic N) is 2. The maximum absolute atomic E-state index is 5.81. The lowest BCUT2D eigenvalue weighted by molar-refractivity contribution is 0.473. The topological polar surface area (TPSA) is 55.9 Å². The minimum Gasteiger partial charge on any atom is -0.329 e. The predicted octanol–water partition coefficient (Wildman–Crippen LogP) is 1.12. The van der Waals surface area contributed by atoms with Crippen LogP contribution in [-0.2, 0) is 7.05 Å². The maximum Gasteiger partial charge on any atom is 0.0692 e. The minimum absolute atomic E-state index is 0.0770. The molecule has 0 spiro atoms. The Hall–Kier alpha value is -1.31. The quantitative estimate of drug-likeness (QED) is 0.725. The molecule has 4 heteroatoms. The van der Waals surface area contributed by atoms with E-state index in [0.29, 0.717) is 6.54 Å². The van der Waals surface area contributed by atoms with Crippen molar-refractivity contribution < 1.29 is 0 Å². The number of hydrogen-bond acceptors (Lipinski definition) is 3. The number of aromatic nitrogens is 2. The van der Waals surface area contributed by atoms with Gasteiger partial charge in [-0.2, -0.15) is 5.10 Å². The van der Waals surface area contributed by atoms with Crippen LogP contribution in [0.5, 0.6) is 0 Å². The third-order valence-electron chi connectivity index (χ3n) is 3.07. The van der Waals surface area contributed by atoms with Crippen molar-refractivity contribution in [3.05, 3.63) is 17.5 Å². The summed E-state index contributed by atoms with van der Waals surface area (Å²) in [5.74, 6) is 2.77. The fourth-order valence-corrected chi connectivity index (χ4v) is 1.89. The molecule has 0 amide bonds. The largest absolute Gasteiger partial charge is 0.329 e. The normalized spacial score (nSPS) is 14.3. The third kappa shape index (κ3) is 3.32. The second-order valence-electron chi connectivity index (χ2n) is 4.27. The van der Waals surface area contributed by atoms with E-state index < -0.39 is 0 Å². The van der Waals surface area contributed by atoms with Crippen molar-refractivity contribution in [1.29, 1.82) is 0 Å². The van der Waals surface area contributed by atoms with E-state index in [2.05, 4.69) is 23.3 Å². The summed E-state index contributed by atoms with van der Waals surface area (Å²) in [6, 6.07) is 0.157. The third-order valence-corrected chi connectivity index (χ3v) is 3.07. The summed E-state index contributed by atoms with van der Waals surface area (Å²) in [4.78, 5) is 0. The molecule has 0 saturated carbocycles. The van der Waals surface area contributed by atoms with Gasteiger partial charge in [-0.1, -0.05) is 19.3 Å². The average molecular weight is 234 g/mol. The summed E-state index contributed by atoms with van der Waals surface area (Å²) < 4.78 is 1.85. The zero-order valence-electron chi connectivity index (χ0n) is 10.9. The molecule has 0 aliphatic carbocycles. The molecule has 0 aliphatic heterocycles. The molecule has 1 heterocycles. The zero-order valence-corrected chi connectivity index (χ0v) is 10.9. The van der Waals surface area contributed by atoms with Crippen molar-refractivity contribution >= 4 is 0 Å². The Balaban J connectivity index is 2.79. The molecule has 0 saturated heterocycles. The van der Waals surface area contributed by atoms with Crippen LogP contribution in [0.3, 0.4) is 0 Å². The first-order chi connectivity index (χ1) is 8.13. The number of nitrogens with one attached hydrogen (secondary N) is 1. The molecule has 94 valence electrons. The number of hydrogen-bond donors (Lipinski definition) is 2. The SMILES string of the molecule is C#CC(CCC)NC(CN)c1cnn(C)c1C. The van der Waals surface area contributed by atoms with Gasteiger partial charge in [0, 0.05) is 30.9 Å². The molecule has 1 aromatic rings. The molecule has 4 nitrogen and oxygen atoms in total. The second-order valence-corrected chi connectivity index (χ2v) is 4.27. The maximum atomic E-state index is 5.81. The Morgan fingerprint density at radius 2 is 2.35 bits per heavy atom. The number of nitrogens with two attached hydrogens (primary N) is 1. The van der Waals surface area contributed by atoms with Gasteiger partial charge in [0.25, 0.3) is 0 Å². The summed E-state index contributed by atoms with van der Waals surface area (Å²) >= 11 is 0. The summed E-state index contributed by atoms with van der Waals surface area (Å²) in [6.07, 6.45) is 9.39. The van der Waals surface area contributed by atoms with E-state index in [9.17, 15) is 0 Å². The smallest absolute Gasteiger partial charge is 0.0692 e. The van der Waals surface area contributed by atoms with Crippen LogP contribution in [0, 0.1) is 19.3 Å². The first-order valence-electron chi connectivity index (χ1n) is 6.04. The van der Waals surface area contributed by atoms with E-state index in [1.54, 1.807) is 0 Å². The van der Waals surface area contributed by atoms with Gasteiger partial charge in [-0.25, -0.2) is 0 Å². The lowest BCUT2D eigenvalue weighted by Crippen LogP contribution is -2.36. The van der Waals surface area contributed by atoms with E-state index in [1.165, 1.54) is 0 Å². The first-order valence-corrected chi connectivity index (χ1v) is 6.04. The van der Waals surface area contributed by atoms with Gasteiger partial charge in [0.15, 0.2) is 0 Å². The van der Waals surface area contributed by atoms with Gasteiger partial charge in [-0.3, -0.25) is 10.00 Å². The fraction of sp³-hybridized carbons (Fsp3) is 0.615. The fourth-order valence-electron chi connectivity index (χ4n) is 1.89. The Bertz CT molecular complexity index is 389. The van der Waals surface area contributed by atoms with E-state index in [1.807, 2.05) is 24.9 Å². The van der Waals surface area contributed by atoms with Crippen molar-refractivity contribution in [2.45, 2.75) is 38.8 Å². The van der Waals surface area contributed by atoms with Crippen molar-refractivity contribution in [2.24, 2.45) is 12.8 Å². The van der Waals surface area contributed by atoms with Gasteiger partial charge in [0.1, 0.15) is 0 Å². The van der Waals surface area contributed by atoms with Crippen molar-refractivity contribution in [3.63, 3.8) is 0 Å². The van der Waals surface area contributed by atoms with Gasteiger partial charge < -0.3 is 5.73 Å². The Morgan fingerprint density at radius 1 is 1.65 bits per heavy atom. The molecule has 2 unspecified atom stereocenters. The van der Waals surface area contributed by atoms with E-state index in [4.69, 9.17) is 12.2 Å². The number of terminal acetylenes is 1. The number of aryl methyl sites for hydroxylation is 1. The van der Waals surface area contributed by atoms with Gasteiger partial charge in [-0.15, -0.1) is 6.42 Å². The molecule has 2 atom stereocenters. The van der Waals surface area contributed by atoms with Crippen LogP contribution in [0.2, 0.25) is 0 Å². The van der Waals surface area contributed by atoms with Gasteiger partial charge in [0.2, 0.25) is 0 Å². The van der Waals surface area contributed by atoms with Crippen LogP contribution < -0.4 is 11.1 Å². The molecular weight excluding hydrogens is 212 g/mol. The van der Waals surface area contributed by atoms with E-state index >= 15 is 0 Å². The molecule has 3 N–H and O–H groups in total. The predicted molar refractivity (Wildman–Crippen MR) is 70.4 cm³/mol. The molecule has 0 radical (unpaired) electrons. The molecule has 1 aromatic heterocycles. The van der Waals surface area contributed by atoms with Crippen LogP contribution in [0.25, 0.3) is 0 Å². The standard InChI is InChI=1S/C13H22N4/c1-5-7-11(6-2)16-13(8-14)12-9-15-17(4)10(12)3/h2,9,11,13,16H,5,7-8,14H2,1,3-4H3. The Morgan fingerprint density at radius 3 is 2.76 bits per heavy atom. The molecule has 0 aliphatic rings. The van der Waals surface area contributed by atoms with Crippen LogP contribution >= 0.6 is 0 Å². The lowest BCUT2D eigenvalue weighted by Gasteiger charge is -2.21. The van der Waals surface area contributed by atoms with Crippen molar-refractivity contribution in [1.82, 2.24) is 15.1 Å². The highest BCUT2D eigenvalue weighted by Crippen LogP contribution is 2.17. The van der Waals surface area contributed by atoms with Crippen molar-refractivity contribution in [3.8, 4) is 12.3 Å². The van der Waals surface area contributed by atoms with Crippen LogP contribution in [0.4, 0.5) is 0 Å². The van der Waals surface area contributed by atoms with Crippen molar-refractivity contribution in [2.75, 3.05) is 6.54 Å². The van der Waals surface area contributed by atoms with Gasteiger partial charge in [0.05, 0.1) is 12.2 Å². The molecule has 0 aromatic carbocycles. The summed E-state index contributed by atoms with van der Waals surface area (Å²) in [7, 11) is 1.93. The highest BCUT2D eigenvalue weighted by atomic mass is 15.3. The Labute approximate surface area is 104 Å². The number of rotatable bonds is 6. The van der Waals surface area contributed by atoms with Crippen LogP contribution in [-0.4, -0.2) is 22.4 Å². The van der Waals surface area contributed by atoms with Gasteiger partial charge >= 0.3 is 0 Å². The monoisotopic (exact) mass is 234 g/mol. The minimum atomic E-state index is 0.0770. The highest BCUT2D eigenvalue weighted by Gasteiger charge is 2.17. The average Bonchev–Trinajstić information content (AvgIpc) is 2.66. The molecule has 17 heavy (non-hydrogen) atoms. The highest BCUT2D eigenvalue weighted by molar-refractivity contribution is 5.21. The van der Waals surface area contributed by atoms with Crippen LogP contribution in [0.15, 0.2) is 6.20 Å². The second kappa shape index (κ2) is 6.43. The summed E-state index contributed by atoms with van der Waals surface area (Å²) in [6.45, 7) is 4.69. The van der Waals surface area contributed by atoms with Crippen LogP contribution in [0.1, 0.15) is 37.1 Å². The first kappa shape index (κ1) is 13.8. The lowest BCUT2D eigenvalue weighted by atomic mass is 10.1. The zero-order chi connectivity index (χ0) is 12.8. The molecular formula is C13H22N4. The van der Waals surface area contributed by atoms with E-state index in [-0.39, 0.29) is 12.1 Å². The Kier molecular flexibility index (Phi) is 5.20. The molecule has 0 fully saturated rings. The van der Waals surface area contributed by atoms with Gasteiger partial charge in [-0.05, 0) is 13.3 Å². The van der Waals surface area contributed by atoms with E-state index in [0.717, 1.165) is 24.1 Å².